The first-order valence-corrected chi connectivity index (χ1v) is 6.40. The molecule has 3 nitrogen and oxygen atoms in total. The molecule has 18 heavy (non-hydrogen) atoms. The first-order valence-electron chi connectivity index (χ1n) is 6.40. The van der Waals surface area contributed by atoms with E-state index in [1.807, 2.05) is 50.9 Å². The summed E-state index contributed by atoms with van der Waals surface area (Å²) < 4.78 is 0. The fourth-order valence-electron chi connectivity index (χ4n) is 2.29. The molecule has 1 aromatic rings. The Labute approximate surface area is 109 Å². The molecule has 0 spiro atoms. The molecule has 1 N–H and O–H groups in total. The predicted octanol–water partition coefficient (Wildman–Crippen LogP) is 3.32. The maximum Gasteiger partial charge on any atom is 0.311 e. The zero-order valence-corrected chi connectivity index (χ0v) is 11.7. The van der Waals surface area contributed by atoms with Crippen LogP contribution < -0.4 is 4.90 Å². The maximum atomic E-state index is 11.4. The van der Waals surface area contributed by atoms with Crippen molar-refractivity contribution in [3.05, 3.63) is 29.8 Å². The highest BCUT2D eigenvalue weighted by molar-refractivity contribution is 5.75. The summed E-state index contributed by atoms with van der Waals surface area (Å²) in [5.74, 6) is -0.719. The molecular formula is C15H23NO2. The fourth-order valence-corrected chi connectivity index (χ4v) is 2.29. The van der Waals surface area contributed by atoms with Crippen molar-refractivity contribution in [2.24, 2.45) is 5.41 Å². The highest BCUT2D eigenvalue weighted by atomic mass is 16.4. The fraction of sp³-hybridized carbons (Fsp3) is 0.533. The predicted molar refractivity (Wildman–Crippen MR) is 75.1 cm³/mol. The summed E-state index contributed by atoms with van der Waals surface area (Å²) >= 11 is 0. The van der Waals surface area contributed by atoms with E-state index in [0.29, 0.717) is 13.0 Å². The van der Waals surface area contributed by atoms with Gasteiger partial charge in [-0.15, -0.1) is 0 Å². The molecule has 0 aliphatic heterocycles. The SMILES string of the molecule is CCCC(C)(CN(C)c1cccc(C)c1)C(=O)O. The third kappa shape index (κ3) is 3.49. The Morgan fingerprint density at radius 1 is 1.44 bits per heavy atom. The highest BCUT2D eigenvalue weighted by Gasteiger charge is 2.33. The van der Waals surface area contributed by atoms with Gasteiger partial charge >= 0.3 is 5.97 Å². The van der Waals surface area contributed by atoms with E-state index < -0.39 is 11.4 Å². The van der Waals surface area contributed by atoms with E-state index in [0.717, 1.165) is 12.1 Å². The molecule has 0 amide bonds. The molecule has 3 heteroatoms. The molecule has 0 aliphatic rings. The van der Waals surface area contributed by atoms with Crippen molar-refractivity contribution in [2.45, 2.75) is 33.6 Å². The molecule has 0 bridgehead atoms. The Morgan fingerprint density at radius 2 is 2.11 bits per heavy atom. The Morgan fingerprint density at radius 3 is 2.61 bits per heavy atom. The maximum absolute atomic E-state index is 11.4. The second-order valence-electron chi connectivity index (χ2n) is 5.31. The van der Waals surface area contributed by atoms with E-state index in [1.54, 1.807) is 0 Å². The molecule has 100 valence electrons. The van der Waals surface area contributed by atoms with Gasteiger partial charge in [0.2, 0.25) is 0 Å². The van der Waals surface area contributed by atoms with E-state index >= 15 is 0 Å². The van der Waals surface area contributed by atoms with Crippen LogP contribution in [-0.4, -0.2) is 24.7 Å². The summed E-state index contributed by atoms with van der Waals surface area (Å²) in [5, 5.41) is 9.39. The van der Waals surface area contributed by atoms with E-state index in [9.17, 15) is 9.90 Å². The van der Waals surface area contributed by atoms with Gasteiger partial charge < -0.3 is 10.0 Å². The number of hydrogen-bond acceptors (Lipinski definition) is 2. The Hall–Kier alpha value is -1.51. The van der Waals surface area contributed by atoms with Gasteiger partial charge in [-0.05, 0) is 38.0 Å². The van der Waals surface area contributed by atoms with Crippen LogP contribution in [-0.2, 0) is 4.79 Å². The van der Waals surface area contributed by atoms with Crippen molar-refractivity contribution in [1.29, 1.82) is 0 Å². The van der Waals surface area contributed by atoms with Crippen molar-refractivity contribution >= 4 is 11.7 Å². The molecule has 0 saturated heterocycles. The summed E-state index contributed by atoms with van der Waals surface area (Å²) in [5.41, 5.74) is 1.57. The van der Waals surface area contributed by atoms with E-state index in [2.05, 4.69) is 6.07 Å². The van der Waals surface area contributed by atoms with E-state index in [1.165, 1.54) is 5.56 Å². The van der Waals surface area contributed by atoms with E-state index in [4.69, 9.17) is 0 Å². The van der Waals surface area contributed by atoms with Crippen LogP contribution in [0.25, 0.3) is 0 Å². The standard InChI is InChI=1S/C15H23NO2/c1-5-9-15(3,14(17)18)11-16(4)13-8-6-7-12(2)10-13/h6-8,10H,5,9,11H2,1-4H3,(H,17,18). The van der Waals surface area contributed by atoms with Gasteiger partial charge in [0, 0.05) is 19.3 Å². The van der Waals surface area contributed by atoms with Crippen LogP contribution in [0.2, 0.25) is 0 Å². The van der Waals surface area contributed by atoms with Crippen LogP contribution in [0.3, 0.4) is 0 Å². The van der Waals surface area contributed by atoms with Crippen LogP contribution in [0, 0.1) is 12.3 Å². The summed E-state index contributed by atoms with van der Waals surface area (Å²) in [6.07, 6.45) is 1.57. The molecule has 1 atom stereocenters. The lowest BCUT2D eigenvalue weighted by Gasteiger charge is -2.31. The molecule has 1 unspecified atom stereocenters. The second kappa shape index (κ2) is 5.89. The van der Waals surface area contributed by atoms with Crippen molar-refractivity contribution < 1.29 is 9.90 Å². The van der Waals surface area contributed by atoms with Crippen LogP contribution in [0.1, 0.15) is 32.3 Å². The normalized spacial score (nSPS) is 14.0. The molecule has 0 heterocycles. The molecule has 0 fully saturated rings. The van der Waals surface area contributed by atoms with Gasteiger partial charge in [-0.2, -0.15) is 0 Å². The van der Waals surface area contributed by atoms with Crippen LogP contribution in [0.5, 0.6) is 0 Å². The number of anilines is 1. The number of benzene rings is 1. The zero-order chi connectivity index (χ0) is 13.8. The molecule has 0 radical (unpaired) electrons. The van der Waals surface area contributed by atoms with Crippen LogP contribution in [0.4, 0.5) is 5.69 Å². The van der Waals surface area contributed by atoms with Crippen LogP contribution >= 0.6 is 0 Å². The Bertz CT molecular complexity index is 417. The minimum atomic E-state index is -0.719. The number of carbonyl (C=O) groups is 1. The summed E-state index contributed by atoms with van der Waals surface area (Å²) in [7, 11) is 1.95. The van der Waals surface area contributed by atoms with Crippen LogP contribution in [0.15, 0.2) is 24.3 Å². The number of carboxylic acids is 1. The average molecular weight is 249 g/mol. The number of nitrogens with zero attached hydrogens (tertiary/aromatic N) is 1. The number of aryl methyl sites for hydroxylation is 1. The van der Waals surface area contributed by atoms with Gasteiger partial charge in [0.25, 0.3) is 0 Å². The Balaban J connectivity index is 2.85. The topological polar surface area (TPSA) is 40.5 Å². The molecule has 0 saturated carbocycles. The Kier molecular flexibility index (Phi) is 4.76. The average Bonchev–Trinajstić information content (AvgIpc) is 2.29. The number of carboxylic acid groups (broad SMARTS) is 1. The van der Waals surface area contributed by atoms with Gasteiger partial charge in [0.05, 0.1) is 5.41 Å². The van der Waals surface area contributed by atoms with Gasteiger partial charge in [-0.3, -0.25) is 4.79 Å². The van der Waals surface area contributed by atoms with E-state index in [-0.39, 0.29) is 0 Å². The zero-order valence-electron chi connectivity index (χ0n) is 11.7. The van der Waals surface area contributed by atoms with Gasteiger partial charge in [-0.1, -0.05) is 25.5 Å². The van der Waals surface area contributed by atoms with Crippen molar-refractivity contribution in [3.8, 4) is 0 Å². The summed E-state index contributed by atoms with van der Waals surface area (Å²) in [6.45, 7) is 6.42. The summed E-state index contributed by atoms with van der Waals surface area (Å²) in [6, 6.07) is 8.13. The molecule has 1 aromatic carbocycles. The van der Waals surface area contributed by atoms with Crippen molar-refractivity contribution in [2.75, 3.05) is 18.5 Å². The smallest absolute Gasteiger partial charge is 0.311 e. The monoisotopic (exact) mass is 249 g/mol. The first-order chi connectivity index (χ1) is 8.39. The first kappa shape index (κ1) is 14.6. The summed E-state index contributed by atoms with van der Waals surface area (Å²) in [4.78, 5) is 13.4. The quantitative estimate of drug-likeness (QED) is 0.840. The third-order valence-electron chi connectivity index (χ3n) is 3.35. The van der Waals surface area contributed by atoms with Crippen molar-refractivity contribution in [1.82, 2.24) is 0 Å². The number of rotatable bonds is 6. The minimum absolute atomic E-state index is 0.527. The number of hydrogen-bond donors (Lipinski definition) is 1. The lowest BCUT2D eigenvalue weighted by molar-refractivity contribution is -0.147. The lowest BCUT2D eigenvalue weighted by Crippen LogP contribution is -2.39. The second-order valence-corrected chi connectivity index (χ2v) is 5.31. The van der Waals surface area contributed by atoms with Crippen molar-refractivity contribution in [3.63, 3.8) is 0 Å². The number of aliphatic carboxylic acids is 1. The molecule has 0 aromatic heterocycles. The molecular weight excluding hydrogens is 226 g/mol. The molecule has 0 aliphatic carbocycles. The van der Waals surface area contributed by atoms with Gasteiger partial charge in [-0.25, -0.2) is 0 Å². The third-order valence-corrected chi connectivity index (χ3v) is 3.35. The minimum Gasteiger partial charge on any atom is -0.481 e. The molecule has 1 rings (SSSR count). The lowest BCUT2D eigenvalue weighted by atomic mass is 9.85. The highest BCUT2D eigenvalue weighted by Crippen LogP contribution is 2.27. The largest absolute Gasteiger partial charge is 0.481 e. The van der Waals surface area contributed by atoms with Gasteiger partial charge in [0.1, 0.15) is 0 Å². The van der Waals surface area contributed by atoms with Gasteiger partial charge in [0.15, 0.2) is 0 Å².